The molecule has 5 nitrogen and oxygen atoms in total. The minimum Gasteiger partial charge on any atom is -0.468 e. The van der Waals surface area contributed by atoms with E-state index in [0.717, 1.165) is 10.7 Å². The highest BCUT2D eigenvalue weighted by molar-refractivity contribution is 7.98. The second-order valence-electron chi connectivity index (χ2n) is 5.39. The van der Waals surface area contributed by atoms with Crippen molar-refractivity contribution in [2.45, 2.75) is 10.6 Å². The Morgan fingerprint density at radius 2 is 1.92 bits per heavy atom. The zero-order chi connectivity index (χ0) is 17.1. The molecule has 0 atom stereocenters. The van der Waals surface area contributed by atoms with E-state index >= 15 is 0 Å². The number of anilines is 1. The fourth-order valence-electron chi connectivity index (χ4n) is 2.50. The van der Waals surface area contributed by atoms with E-state index < -0.39 is 0 Å². The van der Waals surface area contributed by atoms with Crippen molar-refractivity contribution in [3.63, 3.8) is 0 Å². The van der Waals surface area contributed by atoms with Crippen molar-refractivity contribution in [2.75, 3.05) is 12.1 Å². The summed E-state index contributed by atoms with van der Waals surface area (Å²) in [5.74, 6) is 2.70. The molecule has 0 saturated heterocycles. The minimum atomic E-state index is -0.165. The Morgan fingerprint density at radius 3 is 2.80 bits per heavy atom. The van der Waals surface area contributed by atoms with Gasteiger partial charge >= 0.3 is 0 Å². The maximum atomic E-state index is 12.7. The van der Waals surface area contributed by atoms with Gasteiger partial charge in [0.15, 0.2) is 11.5 Å². The second-order valence-corrected chi connectivity index (χ2v) is 6.40. The van der Waals surface area contributed by atoms with Crippen molar-refractivity contribution in [1.82, 2.24) is 0 Å². The molecule has 1 aromatic heterocycles. The molecular weight excluding hydrogens is 338 g/mol. The first-order chi connectivity index (χ1) is 12.3. The summed E-state index contributed by atoms with van der Waals surface area (Å²) in [6.07, 6.45) is 1.65. The van der Waals surface area contributed by atoms with Gasteiger partial charge in [0.25, 0.3) is 5.91 Å². The van der Waals surface area contributed by atoms with E-state index in [0.29, 0.717) is 28.5 Å². The Hall–Kier alpha value is -2.86. The first-order valence-electron chi connectivity index (χ1n) is 7.75. The predicted molar refractivity (Wildman–Crippen MR) is 95.2 cm³/mol. The number of fused-ring (bicyclic) bond motifs is 1. The van der Waals surface area contributed by atoms with Crippen molar-refractivity contribution in [3.05, 3.63) is 72.2 Å². The van der Waals surface area contributed by atoms with E-state index in [2.05, 4.69) is 5.32 Å². The third-order valence-corrected chi connectivity index (χ3v) is 4.81. The van der Waals surface area contributed by atoms with E-state index in [4.69, 9.17) is 13.9 Å². The molecular formula is C19H15NO4S. The highest BCUT2D eigenvalue weighted by atomic mass is 32.2. The third-order valence-electron chi connectivity index (χ3n) is 3.71. The van der Waals surface area contributed by atoms with Crippen LogP contribution in [0, 0.1) is 0 Å². The number of nitrogens with one attached hydrogen (secondary N) is 1. The lowest BCUT2D eigenvalue weighted by atomic mass is 10.2. The van der Waals surface area contributed by atoms with Crippen molar-refractivity contribution < 1.29 is 18.7 Å². The lowest BCUT2D eigenvalue weighted by Gasteiger charge is -2.10. The van der Waals surface area contributed by atoms with Gasteiger partial charge in [-0.05, 0) is 36.4 Å². The Bertz CT molecular complexity index is 892. The van der Waals surface area contributed by atoms with Crippen LogP contribution in [0.5, 0.6) is 11.5 Å². The predicted octanol–water partition coefficient (Wildman–Crippen LogP) is 4.55. The summed E-state index contributed by atoms with van der Waals surface area (Å²) in [6, 6.07) is 16.6. The van der Waals surface area contributed by atoms with E-state index in [1.807, 2.05) is 36.4 Å². The largest absolute Gasteiger partial charge is 0.468 e. The van der Waals surface area contributed by atoms with Gasteiger partial charge in [0.2, 0.25) is 6.79 Å². The molecule has 1 amide bonds. The normalized spacial score (nSPS) is 12.2. The summed E-state index contributed by atoms with van der Waals surface area (Å²) < 4.78 is 16.0. The average molecular weight is 353 g/mol. The van der Waals surface area contributed by atoms with Crippen LogP contribution in [0.3, 0.4) is 0 Å². The monoisotopic (exact) mass is 353 g/mol. The molecule has 25 heavy (non-hydrogen) atoms. The van der Waals surface area contributed by atoms with Crippen molar-refractivity contribution in [1.29, 1.82) is 0 Å². The molecule has 0 unspecified atom stereocenters. The summed E-state index contributed by atoms with van der Waals surface area (Å²) in [5.41, 5.74) is 1.29. The highest BCUT2D eigenvalue weighted by Gasteiger charge is 2.16. The molecule has 0 saturated carbocycles. The Morgan fingerprint density at radius 1 is 1.04 bits per heavy atom. The van der Waals surface area contributed by atoms with Crippen LogP contribution in [-0.4, -0.2) is 12.7 Å². The maximum absolute atomic E-state index is 12.7. The molecule has 126 valence electrons. The van der Waals surface area contributed by atoms with Gasteiger partial charge in [0.05, 0.1) is 17.6 Å². The topological polar surface area (TPSA) is 60.7 Å². The molecule has 1 N–H and O–H groups in total. The van der Waals surface area contributed by atoms with E-state index in [1.165, 1.54) is 0 Å². The fraction of sp³-hybridized carbons (Fsp3) is 0.105. The molecule has 4 rings (SSSR count). The number of hydrogen-bond donors (Lipinski definition) is 1. The standard InChI is InChI=1S/C19H15NO4S/c21-19(20-13-7-8-16-17(10-13)24-12-23-16)15-5-1-2-6-18(15)25-11-14-4-3-9-22-14/h1-10H,11-12H2,(H,20,21). The molecule has 1 aliphatic rings. The lowest BCUT2D eigenvalue weighted by Crippen LogP contribution is -2.12. The molecule has 1 aliphatic heterocycles. The molecule has 0 radical (unpaired) electrons. The Balaban J connectivity index is 1.50. The summed E-state index contributed by atoms with van der Waals surface area (Å²) in [4.78, 5) is 13.6. The van der Waals surface area contributed by atoms with Crippen LogP contribution in [0.1, 0.15) is 16.1 Å². The van der Waals surface area contributed by atoms with Crippen LogP contribution >= 0.6 is 11.8 Å². The van der Waals surface area contributed by atoms with Gasteiger partial charge in [-0.3, -0.25) is 4.79 Å². The summed E-state index contributed by atoms with van der Waals surface area (Å²) >= 11 is 1.56. The molecule has 2 heterocycles. The van der Waals surface area contributed by atoms with Gasteiger partial charge in [-0.2, -0.15) is 0 Å². The van der Waals surface area contributed by atoms with E-state index in [1.54, 1.807) is 36.2 Å². The van der Waals surface area contributed by atoms with Gasteiger partial charge < -0.3 is 19.2 Å². The fourth-order valence-corrected chi connectivity index (χ4v) is 3.45. The zero-order valence-corrected chi connectivity index (χ0v) is 14.0. The molecule has 0 aliphatic carbocycles. The zero-order valence-electron chi connectivity index (χ0n) is 13.2. The van der Waals surface area contributed by atoms with E-state index in [9.17, 15) is 4.79 Å². The first-order valence-corrected chi connectivity index (χ1v) is 8.73. The summed E-state index contributed by atoms with van der Waals surface area (Å²) in [6.45, 7) is 0.207. The third kappa shape index (κ3) is 3.49. The number of rotatable bonds is 5. The SMILES string of the molecule is O=C(Nc1ccc2c(c1)OCO2)c1ccccc1SCc1ccco1. The Labute approximate surface area is 148 Å². The maximum Gasteiger partial charge on any atom is 0.256 e. The molecule has 0 bridgehead atoms. The molecule has 3 aromatic rings. The highest BCUT2D eigenvalue weighted by Crippen LogP contribution is 2.34. The van der Waals surface area contributed by atoms with Crippen molar-refractivity contribution in [3.8, 4) is 11.5 Å². The number of ether oxygens (including phenoxy) is 2. The second kappa shape index (κ2) is 6.94. The van der Waals surface area contributed by atoms with Gasteiger partial charge in [0.1, 0.15) is 5.76 Å². The van der Waals surface area contributed by atoms with Crippen LogP contribution in [0.25, 0.3) is 0 Å². The molecule has 6 heteroatoms. The van der Waals surface area contributed by atoms with Crippen LogP contribution < -0.4 is 14.8 Å². The van der Waals surface area contributed by atoms with E-state index in [-0.39, 0.29) is 12.7 Å². The van der Waals surface area contributed by atoms with Crippen molar-refractivity contribution in [2.24, 2.45) is 0 Å². The first kappa shape index (κ1) is 15.7. The van der Waals surface area contributed by atoms with Crippen LogP contribution in [0.4, 0.5) is 5.69 Å². The minimum absolute atomic E-state index is 0.165. The number of carbonyl (C=O) groups excluding carboxylic acids is 1. The van der Waals surface area contributed by atoms with Gasteiger partial charge in [-0.15, -0.1) is 11.8 Å². The number of benzene rings is 2. The number of thioether (sulfide) groups is 1. The van der Waals surface area contributed by atoms with Gasteiger partial charge in [0, 0.05) is 16.6 Å². The number of furan rings is 1. The molecule has 2 aromatic carbocycles. The summed E-state index contributed by atoms with van der Waals surface area (Å²) in [5, 5.41) is 2.91. The smallest absolute Gasteiger partial charge is 0.256 e. The Kier molecular flexibility index (Phi) is 4.35. The van der Waals surface area contributed by atoms with Crippen LogP contribution in [-0.2, 0) is 5.75 Å². The van der Waals surface area contributed by atoms with Crippen molar-refractivity contribution >= 4 is 23.4 Å². The number of carbonyl (C=O) groups is 1. The quantitative estimate of drug-likeness (QED) is 0.682. The number of hydrogen-bond acceptors (Lipinski definition) is 5. The van der Waals surface area contributed by atoms with Gasteiger partial charge in [-0.1, -0.05) is 12.1 Å². The molecule has 0 spiro atoms. The van der Waals surface area contributed by atoms with Crippen LogP contribution in [0.2, 0.25) is 0 Å². The van der Waals surface area contributed by atoms with Crippen LogP contribution in [0.15, 0.2) is 70.2 Å². The number of amides is 1. The molecule has 0 fully saturated rings. The summed E-state index contributed by atoms with van der Waals surface area (Å²) in [7, 11) is 0. The lowest BCUT2D eigenvalue weighted by molar-refractivity contribution is 0.102. The average Bonchev–Trinajstić information content (AvgIpc) is 3.31. The van der Waals surface area contributed by atoms with Gasteiger partial charge in [-0.25, -0.2) is 0 Å².